The van der Waals surface area contributed by atoms with Gasteiger partial charge in [0.15, 0.2) is 5.96 Å². The lowest BCUT2D eigenvalue weighted by atomic mass is 10.2. The van der Waals surface area contributed by atoms with Crippen LogP contribution < -0.4 is 15.8 Å². The summed E-state index contributed by atoms with van der Waals surface area (Å²) >= 11 is 0. The Bertz CT molecular complexity index is 433. The molecule has 0 radical (unpaired) electrons. The lowest BCUT2D eigenvalue weighted by Crippen LogP contribution is -2.33. The molecule has 1 aliphatic carbocycles. The molecule has 0 aliphatic heterocycles. The van der Waals surface area contributed by atoms with Crippen molar-refractivity contribution in [2.75, 3.05) is 6.61 Å². The van der Waals surface area contributed by atoms with Gasteiger partial charge in [-0.1, -0.05) is 25.5 Å². The number of halogens is 1. The van der Waals surface area contributed by atoms with Crippen LogP contribution in [0.4, 0.5) is 0 Å². The van der Waals surface area contributed by atoms with Gasteiger partial charge < -0.3 is 15.8 Å². The molecule has 1 fully saturated rings. The quantitative estimate of drug-likeness (QED) is 0.326. The highest BCUT2D eigenvalue weighted by atomic mass is 127. The van der Waals surface area contributed by atoms with Crippen molar-refractivity contribution in [3.8, 4) is 5.75 Å². The number of nitrogens with two attached hydrogens (primary N) is 1. The van der Waals surface area contributed by atoms with Gasteiger partial charge in [0, 0.05) is 6.04 Å². The standard InChI is InChI=1S/C15H23N3O.HI/c1-2-3-9-19-14-6-4-5-12(10-14)11-17-15(16)18-13-7-8-13;/h4-6,10,13H,2-3,7-9,11H2,1H3,(H3,16,17,18);1H. The number of aliphatic imine (C=N–C) groups is 1. The first-order valence-corrected chi connectivity index (χ1v) is 7.06. The molecular weight excluding hydrogens is 365 g/mol. The normalized spacial score (nSPS) is 14.6. The lowest BCUT2D eigenvalue weighted by Gasteiger charge is -2.07. The minimum absolute atomic E-state index is 0. The molecule has 0 unspecified atom stereocenters. The molecule has 0 spiro atoms. The molecule has 1 saturated carbocycles. The Kier molecular flexibility index (Phi) is 7.72. The minimum atomic E-state index is 0. The number of ether oxygens (including phenoxy) is 1. The topological polar surface area (TPSA) is 59.6 Å². The molecule has 1 aliphatic rings. The third-order valence-electron chi connectivity index (χ3n) is 3.03. The maximum atomic E-state index is 5.81. The summed E-state index contributed by atoms with van der Waals surface area (Å²) in [5.74, 6) is 1.45. The van der Waals surface area contributed by atoms with E-state index in [1.807, 2.05) is 24.3 Å². The summed E-state index contributed by atoms with van der Waals surface area (Å²) in [6.45, 7) is 3.52. The third kappa shape index (κ3) is 6.45. The van der Waals surface area contributed by atoms with Crippen molar-refractivity contribution in [3.63, 3.8) is 0 Å². The number of benzene rings is 1. The van der Waals surface area contributed by atoms with Crippen molar-refractivity contribution in [1.82, 2.24) is 5.32 Å². The van der Waals surface area contributed by atoms with Crippen LogP contribution in [0.1, 0.15) is 38.2 Å². The summed E-state index contributed by atoms with van der Waals surface area (Å²) in [5, 5.41) is 3.18. The third-order valence-corrected chi connectivity index (χ3v) is 3.03. The fraction of sp³-hybridized carbons (Fsp3) is 0.533. The van der Waals surface area contributed by atoms with Crippen molar-refractivity contribution in [2.45, 2.75) is 45.2 Å². The summed E-state index contributed by atoms with van der Waals surface area (Å²) in [5.41, 5.74) is 6.93. The molecular formula is C15H24IN3O. The maximum Gasteiger partial charge on any atom is 0.189 e. The van der Waals surface area contributed by atoms with Gasteiger partial charge in [0.25, 0.3) is 0 Å². The van der Waals surface area contributed by atoms with Crippen molar-refractivity contribution in [3.05, 3.63) is 29.8 Å². The molecule has 0 amide bonds. The monoisotopic (exact) mass is 389 g/mol. The molecule has 1 aromatic carbocycles. The smallest absolute Gasteiger partial charge is 0.189 e. The highest BCUT2D eigenvalue weighted by Gasteiger charge is 2.21. The van der Waals surface area contributed by atoms with Gasteiger partial charge in [-0.05, 0) is 37.0 Å². The molecule has 0 aromatic heterocycles. The Morgan fingerprint density at radius 1 is 1.45 bits per heavy atom. The van der Waals surface area contributed by atoms with Crippen LogP contribution in [0.15, 0.2) is 29.3 Å². The molecule has 0 atom stereocenters. The molecule has 4 nitrogen and oxygen atoms in total. The zero-order valence-corrected chi connectivity index (χ0v) is 14.3. The predicted octanol–water partition coefficient (Wildman–Crippen LogP) is 3.05. The van der Waals surface area contributed by atoms with Gasteiger partial charge in [-0.15, -0.1) is 24.0 Å². The molecule has 0 bridgehead atoms. The van der Waals surface area contributed by atoms with Gasteiger partial charge in [-0.25, -0.2) is 4.99 Å². The van der Waals surface area contributed by atoms with Crippen LogP contribution in [0.5, 0.6) is 5.75 Å². The first-order valence-electron chi connectivity index (χ1n) is 7.06. The second-order valence-electron chi connectivity index (χ2n) is 4.97. The molecule has 1 aromatic rings. The zero-order valence-electron chi connectivity index (χ0n) is 12.0. The SMILES string of the molecule is CCCCOc1cccc(CN=C(N)NC2CC2)c1.I. The summed E-state index contributed by atoms with van der Waals surface area (Å²) in [4.78, 5) is 4.34. The number of nitrogens with zero attached hydrogens (tertiary/aromatic N) is 1. The molecule has 3 N–H and O–H groups in total. The van der Waals surface area contributed by atoms with Crippen LogP contribution >= 0.6 is 24.0 Å². The van der Waals surface area contributed by atoms with E-state index in [0.717, 1.165) is 30.8 Å². The number of hydrogen-bond donors (Lipinski definition) is 2. The number of unbranched alkanes of at least 4 members (excludes halogenated alkanes) is 1. The van der Waals surface area contributed by atoms with Gasteiger partial charge in [0.2, 0.25) is 0 Å². The fourth-order valence-corrected chi connectivity index (χ4v) is 1.73. The van der Waals surface area contributed by atoms with Gasteiger partial charge >= 0.3 is 0 Å². The second kappa shape index (κ2) is 9.05. The van der Waals surface area contributed by atoms with E-state index >= 15 is 0 Å². The molecule has 20 heavy (non-hydrogen) atoms. The number of hydrogen-bond acceptors (Lipinski definition) is 2. The average Bonchev–Trinajstić information content (AvgIpc) is 3.21. The van der Waals surface area contributed by atoms with E-state index in [1.54, 1.807) is 0 Å². The first kappa shape index (κ1) is 17.1. The molecule has 0 heterocycles. The maximum absolute atomic E-state index is 5.81. The minimum Gasteiger partial charge on any atom is -0.494 e. The number of rotatable bonds is 7. The highest BCUT2D eigenvalue weighted by molar-refractivity contribution is 14.0. The Labute approximate surface area is 138 Å². The first-order chi connectivity index (χ1) is 9.28. The van der Waals surface area contributed by atoms with Crippen LogP contribution in [-0.4, -0.2) is 18.6 Å². The number of guanidine groups is 1. The highest BCUT2D eigenvalue weighted by Crippen LogP contribution is 2.18. The van der Waals surface area contributed by atoms with Crippen LogP contribution in [0.2, 0.25) is 0 Å². The van der Waals surface area contributed by atoms with Gasteiger partial charge in [0.1, 0.15) is 5.75 Å². The Balaban J connectivity index is 0.00000200. The Morgan fingerprint density at radius 2 is 2.25 bits per heavy atom. The summed E-state index contributed by atoms with van der Waals surface area (Å²) < 4.78 is 5.67. The van der Waals surface area contributed by atoms with E-state index in [9.17, 15) is 0 Å². The molecule has 112 valence electrons. The Morgan fingerprint density at radius 3 is 2.95 bits per heavy atom. The predicted molar refractivity (Wildman–Crippen MR) is 93.7 cm³/mol. The van der Waals surface area contributed by atoms with Crippen molar-refractivity contribution in [2.24, 2.45) is 10.7 Å². The summed E-state index contributed by atoms with van der Waals surface area (Å²) in [7, 11) is 0. The van der Waals surface area contributed by atoms with Crippen molar-refractivity contribution < 1.29 is 4.74 Å². The van der Waals surface area contributed by atoms with Gasteiger partial charge in [-0.2, -0.15) is 0 Å². The van der Waals surface area contributed by atoms with E-state index < -0.39 is 0 Å². The largest absolute Gasteiger partial charge is 0.494 e. The Hall–Kier alpha value is -0.980. The van der Waals surface area contributed by atoms with Gasteiger partial charge in [0.05, 0.1) is 13.2 Å². The zero-order chi connectivity index (χ0) is 13.5. The van der Waals surface area contributed by atoms with Crippen LogP contribution in [0.3, 0.4) is 0 Å². The molecule has 5 heteroatoms. The van der Waals surface area contributed by atoms with E-state index in [2.05, 4.69) is 17.2 Å². The molecule has 2 rings (SSSR count). The number of nitrogens with one attached hydrogen (secondary N) is 1. The summed E-state index contributed by atoms with van der Waals surface area (Å²) in [6.07, 6.45) is 4.64. The van der Waals surface area contributed by atoms with E-state index in [1.165, 1.54) is 12.8 Å². The van der Waals surface area contributed by atoms with Crippen LogP contribution in [0, 0.1) is 0 Å². The van der Waals surface area contributed by atoms with E-state index in [0.29, 0.717) is 18.5 Å². The molecule has 0 saturated heterocycles. The second-order valence-corrected chi connectivity index (χ2v) is 4.97. The van der Waals surface area contributed by atoms with E-state index in [-0.39, 0.29) is 24.0 Å². The van der Waals surface area contributed by atoms with Crippen molar-refractivity contribution in [1.29, 1.82) is 0 Å². The van der Waals surface area contributed by atoms with Crippen LogP contribution in [0.25, 0.3) is 0 Å². The fourth-order valence-electron chi connectivity index (χ4n) is 1.73. The van der Waals surface area contributed by atoms with E-state index in [4.69, 9.17) is 10.5 Å². The average molecular weight is 389 g/mol. The summed E-state index contributed by atoms with van der Waals surface area (Å²) in [6, 6.07) is 8.60. The van der Waals surface area contributed by atoms with Crippen molar-refractivity contribution >= 4 is 29.9 Å². The van der Waals surface area contributed by atoms with Gasteiger partial charge in [-0.3, -0.25) is 0 Å². The lowest BCUT2D eigenvalue weighted by molar-refractivity contribution is 0.309. The van der Waals surface area contributed by atoms with Crippen LogP contribution in [-0.2, 0) is 6.54 Å².